The molecule has 2 rings (SSSR count). The zero-order chi connectivity index (χ0) is 15.1. The number of hydrogen-bond acceptors (Lipinski definition) is 6. The average molecular weight is 312 g/mol. The van der Waals surface area contributed by atoms with Crippen molar-refractivity contribution in [2.45, 2.75) is 6.54 Å². The average Bonchev–Trinajstić information content (AvgIpc) is 2.94. The smallest absolute Gasteiger partial charge is 0.247 e. The predicted molar refractivity (Wildman–Crippen MR) is 79.0 cm³/mol. The molecule has 1 N–H and O–H groups in total. The third-order valence-corrected chi connectivity index (χ3v) is 3.20. The molecule has 0 radical (unpaired) electrons. The highest BCUT2D eigenvalue weighted by Crippen LogP contribution is 2.20. The zero-order valence-electron chi connectivity index (χ0n) is 11.8. The summed E-state index contributed by atoms with van der Waals surface area (Å²) >= 11 is 5.85. The quantitative estimate of drug-likeness (QED) is 0.802. The third kappa shape index (κ3) is 4.78. The molecule has 0 spiro atoms. The summed E-state index contributed by atoms with van der Waals surface area (Å²) in [6.45, 7) is 2.35. The standard InChI is InChI=1S/C14H18ClN3O3/c1-20-9-7-18(6-8-19)10-13-16-17-14(21-13)11-2-4-12(15)5-3-11/h2-5,19H,6-10H2,1H3. The number of halogens is 1. The number of aliphatic hydroxyl groups is 1. The second-order valence-corrected chi connectivity index (χ2v) is 4.94. The molecule has 1 aromatic carbocycles. The van der Waals surface area contributed by atoms with Crippen molar-refractivity contribution in [1.82, 2.24) is 15.1 Å². The molecule has 1 aromatic heterocycles. The van der Waals surface area contributed by atoms with E-state index in [9.17, 15) is 0 Å². The van der Waals surface area contributed by atoms with Crippen LogP contribution in [-0.2, 0) is 11.3 Å². The second-order valence-electron chi connectivity index (χ2n) is 4.50. The Hall–Kier alpha value is -1.47. The van der Waals surface area contributed by atoms with Crippen LogP contribution in [0.3, 0.4) is 0 Å². The van der Waals surface area contributed by atoms with Crippen molar-refractivity contribution in [3.05, 3.63) is 35.2 Å². The summed E-state index contributed by atoms with van der Waals surface area (Å²) < 4.78 is 10.7. The zero-order valence-corrected chi connectivity index (χ0v) is 12.6. The molecule has 21 heavy (non-hydrogen) atoms. The maximum atomic E-state index is 9.06. The molecule has 0 atom stereocenters. The SMILES string of the molecule is COCCN(CCO)Cc1nnc(-c2ccc(Cl)cc2)o1. The predicted octanol–water partition coefficient (Wildman–Crippen LogP) is 1.83. The maximum Gasteiger partial charge on any atom is 0.247 e. The van der Waals surface area contributed by atoms with Crippen molar-refractivity contribution in [3.63, 3.8) is 0 Å². The second kappa shape index (κ2) is 8.09. The molecule has 0 unspecified atom stereocenters. The van der Waals surface area contributed by atoms with E-state index in [1.54, 1.807) is 19.2 Å². The van der Waals surface area contributed by atoms with E-state index in [0.717, 1.165) is 5.56 Å². The minimum absolute atomic E-state index is 0.0713. The minimum atomic E-state index is 0.0713. The van der Waals surface area contributed by atoms with Gasteiger partial charge >= 0.3 is 0 Å². The molecule has 0 aliphatic rings. The lowest BCUT2D eigenvalue weighted by molar-refractivity contribution is 0.121. The van der Waals surface area contributed by atoms with Crippen LogP contribution in [0.15, 0.2) is 28.7 Å². The van der Waals surface area contributed by atoms with Gasteiger partial charge in [0.25, 0.3) is 0 Å². The molecule has 0 saturated heterocycles. The van der Waals surface area contributed by atoms with Crippen molar-refractivity contribution in [2.24, 2.45) is 0 Å². The van der Waals surface area contributed by atoms with Gasteiger partial charge in [-0.15, -0.1) is 10.2 Å². The summed E-state index contributed by atoms with van der Waals surface area (Å²) in [5.74, 6) is 0.960. The van der Waals surface area contributed by atoms with E-state index in [-0.39, 0.29) is 6.61 Å². The molecule has 0 fully saturated rings. The molecule has 2 aromatic rings. The molecule has 1 heterocycles. The number of benzene rings is 1. The van der Waals surface area contributed by atoms with E-state index in [0.29, 0.717) is 43.0 Å². The van der Waals surface area contributed by atoms with E-state index in [1.165, 1.54) is 0 Å². The van der Waals surface area contributed by atoms with Gasteiger partial charge in [0.15, 0.2) is 0 Å². The van der Waals surface area contributed by atoms with E-state index in [1.807, 2.05) is 17.0 Å². The highest BCUT2D eigenvalue weighted by molar-refractivity contribution is 6.30. The number of aliphatic hydroxyl groups excluding tert-OH is 1. The van der Waals surface area contributed by atoms with Crippen LogP contribution in [0.2, 0.25) is 5.02 Å². The molecule has 0 aliphatic heterocycles. The van der Waals surface area contributed by atoms with Gasteiger partial charge in [-0.3, -0.25) is 4.90 Å². The molecule has 114 valence electrons. The van der Waals surface area contributed by atoms with Gasteiger partial charge in [0, 0.05) is 30.8 Å². The van der Waals surface area contributed by atoms with Crippen molar-refractivity contribution in [1.29, 1.82) is 0 Å². The van der Waals surface area contributed by atoms with Crippen LogP contribution < -0.4 is 0 Å². The first-order chi connectivity index (χ1) is 10.2. The lowest BCUT2D eigenvalue weighted by atomic mass is 10.2. The number of ether oxygens (including phenoxy) is 1. The van der Waals surface area contributed by atoms with E-state index >= 15 is 0 Å². The van der Waals surface area contributed by atoms with Crippen LogP contribution in [0.5, 0.6) is 0 Å². The Morgan fingerprint density at radius 2 is 2.00 bits per heavy atom. The first-order valence-electron chi connectivity index (χ1n) is 6.63. The number of aromatic nitrogens is 2. The Labute approximate surface area is 128 Å². The van der Waals surface area contributed by atoms with Crippen LogP contribution in [0.1, 0.15) is 5.89 Å². The molecule has 7 heteroatoms. The van der Waals surface area contributed by atoms with Gasteiger partial charge in [0.1, 0.15) is 0 Å². The Balaban J connectivity index is 2.02. The van der Waals surface area contributed by atoms with Crippen molar-refractivity contribution in [2.75, 3.05) is 33.4 Å². The monoisotopic (exact) mass is 311 g/mol. The summed E-state index contributed by atoms with van der Waals surface area (Å²) in [4.78, 5) is 1.99. The van der Waals surface area contributed by atoms with E-state index < -0.39 is 0 Å². The molecule has 0 bridgehead atoms. The highest BCUT2D eigenvalue weighted by atomic mass is 35.5. The topological polar surface area (TPSA) is 71.6 Å². The fraction of sp³-hybridized carbons (Fsp3) is 0.429. The van der Waals surface area contributed by atoms with E-state index in [2.05, 4.69) is 10.2 Å². The molecule has 0 amide bonds. The molecule has 0 aliphatic carbocycles. The molecular formula is C14H18ClN3O3. The summed E-state index contributed by atoms with van der Waals surface area (Å²) in [6, 6.07) is 7.21. The van der Waals surface area contributed by atoms with Crippen LogP contribution in [-0.4, -0.2) is 53.6 Å². The van der Waals surface area contributed by atoms with Crippen molar-refractivity contribution in [3.8, 4) is 11.5 Å². The van der Waals surface area contributed by atoms with Gasteiger partial charge in [-0.05, 0) is 24.3 Å². The number of methoxy groups -OCH3 is 1. The largest absolute Gasteiger partial charge is 0.419 e. The summed E-state index contributed by atoms with van der Waals surface area (Å²) in [5.41, 5.74) is 0.823. The van der Waals surface area contributed by atoms with Gasteiger partial charge in [-0.2, -0.15) is 0 Å². The summed E-state index contributed by atoms with van der Waals surface area (Å²) in [7, 11) is 1.64. The summed E-state index contributed by atoms with van der Waals surface area (Å²) in [5, 5.41) is 17.8. The fourth-order valence-corrected chi connectivity index (χ4v) is 1.98. The highest BCUT2D eigenvalue weighted by Gasteiger charge is 2.12. The van der Waals surface area contributed by atoms with Gasteiger partial charge in [-0.1, -0.05) is 11.6 Å². The van der Waals surface area contributed by atoms with Crippen molar-refractivity contribution < 1.29 is 14.3 Å². The van der Waals surface area contributed by atoms with Crippen LogP contribution in [0, 0.1) is 0 Å². The lowest BCUT2D eigenvalue weighted by Crippen LogP contribution is -2.30. The Morgan fingerprint density at radius 1 is 1.24 bits per heavy atom. The Morgan fingerprint density at radius 3 is 2.67 bits per heavy atom. The molecule has 6 nitrogen and oxygen atoms in total. The number of hydrogen-bond donors (Lipinski definition) is 1. The van der Waals surface area contributed by atoms with Gasteiger partial charge in [-0.25, -0.2) is 0 Å². The first kappa shape index (κ1) is 15.9. The normalized spacial score (nSPS) is 11.2. The Kier molecular flexibility index (Phi) is 6.13. The van der Waals surface area contributed by atoms with E-state index in [4.69, 9.17) is 25.9 Å². The van der Waals surface area contributed by atoms with Gasteiger partial charge in [0.05, 0.1) is 19.8 Å². The first-order valence-corrected chi connectivity index (χ1v) is 7.01. The molecular weight excluding hydrogens is 294 g/mol. The summed E-state index contributed by atoms with van der Waals surface area (Å²) in [6.07, 6.45) is 0. The molecule has 0 saturated carbocycles. The fourth-order valence-electron chi connectivity index (χ4n) is 1.85. The number of rotatable bonds is 8. The Bertz CT molecular complexity index is 545. The van der Waals surface area contributed by atoms with Crippen LogP contribution >= 0.6 is 11.6 Å². The lowest BCUT2D eigenvalue weighted by Gasteiger charge is -2.18. The van der Waals surface area contributed by atoms with Crippen molar-refractivity contribution >= 4 is 11.6 Å². The maximum absolute atomic E-state index is 9.06. The third-order valence-electron chi connectivity index (χ3n) is 2.94. The minimum Gasteiger partial charge on any atom is -0.419 e. The number of nitrogens with zero attached hydrogens (tertiary/aromatic N) is 3. The van der Waals surface area contributed by atoms with Gasteiger partial charge in [0.2, 0.25) is 11.8 Å². The van der Waals surface area contributed by atoms with Gasteiger partial charge < -0.3 is 14.3 Å². The van der Waals surface area contributed by atoms with Crippen LogP contribution in [0.4, 0.5) is 0 Å². The van der Waals surface area contributed by atoms with Crippen LogP contribution in [0.25, 0.3) is 11.5 Å².